The standard InChI is InChI=1S/C64H108N14O19/c1-17-45(80)46(65)55(88)75-41(26-31-69-59(92)96-63(11,12)13)50(83)71-38-23-28-66-56(89)47(36(4)79)78-52(85)42(27-32-70-60(93)97-64(14,15)16)73-49(82)39(24-29-67-57(90)94-61(5,6)7)74-53(86)43(33-35(2)3)76-54(87)44(34-37-21-19-18-20-22-37)77-51(84)40(72-48(38)81)25-30-68-58(91)95-62(8,9)10/h18-22,35-36,38-47,79-80H,17,23-34,65H2,1-16H3,(H,66,89)(H,67,90)(H,68,91)(H,69,92)(H,70,93)(H,71,83)(H,72,81)(H,73,82)(H,74,86)(H,75,88)(H,76,87)(H,77,84)(H,78,85)/t36-,38+,39+,40+,41+,42+,43+,44-,45-,46+,47+/m1/s1. The van der Waals surface area contributed by atoms with Gasteiger partial charge in [0.1, 0.15) is 76.8 Å². The summed E-state index contributed by atoms with van der Waals surface area (Å²) in [6, 6.07) is -6.59. The normalized spacial score (nSPS) is 21.3. The van der Waals surface area contributed by atoms with Crippen molar-refractivity contribution in [3.63, 3.8) is 0 Å². The van der Waals surface area contributed by atoms with Gasteiger partial charge in [-0.2, -0.15) is 0 Å². The monoisotopic (exact) mass is 1380 g/mol. The Bertz CT molecular complexity index is 2820. The number of alkyl carbamates (subject to hydrolysis) is 4. The van der Waals surface area contributed by atoms with Crippen molar-refractivity contribution in [1.82, 2.24) is 69.1 Å². The second kappa shape index (κ2) is 39.6. The van der Waals surface area contributed by atoms with E-state index < -0.39 is 192 Å². The molecule has 0 aromatic heterocycles. The van der Waals surface area contributed by atoms with Crippen LogP contribution in [0.1, 0.15) is 161 Å². The molecule has 1 aromatic rings. The number of nitrogens with one attached hydrogen (secondary N) is 13. The van der Waals surface area contributed by atoms with Crippen LogP contribution in [0.4, 0.5) is 19.2 Å². The van der Waals surface area contributed by atoms with Crippen molar-refractivity contribution in [3.8, 4) is 0 Å². The fraction of sp³-hybridized carbons (Fsp3) is 0.703. The second-order valence-corrected chi connectivity index (χ2v) is 27.9. The zero-order valence-electron chi connectivity index (χ0n) is 58.9. The van der Waals surface area contributed by atoms with Gasteiger partial charge in [-0.25, -0.2) is 19.2 Å². The van der Waals surface area contributed by atoms with Gasteiger partial charge in [-0.1, -0.05) is 51.1 Å². The molecular weight excluding hydrogens is 1270 g/mol. The van der Waals surface area contributed by atoms with Crippen molar-refractivity contribution in [3.05, 3.63) is 35.9 Å². The number of hydrogen-bond donors (Lipinski definition) is 16. The molecule has 0 radical (unpaired) electrons. The summed E-state index contributed by atoms with van der Waals surface area (Å²) in [4.78, 5) is 183. The molecule has 548 valence electrons. The van der Waals surface area contributed by atoms with Crippen LogP contribution in [-0.2, 0) is 68.5 Å². The molecule has 17 N–H and O–H groups in total. The highest BCUT2D eigenvalue weighted by atomic mass is 16.6. The van der Waals surface area contributed by atoms with Crippen molar-refractivity contribution < 1.29 is 91.5 Å². The Morgan fingerprint density at radius 2 is 0.907 bits per heavy atom. The van der Waals surface area contributed by atoms with Crippen LogP contribution in [0.15, 0.2) is 30.3 Å². The lowest BCUT2D eigenvalue weighted by Gasteiger charge is -2.29. The molecule has 0 spiro atoms. The number of nitrogens with two attached hydrogens (primary N) is 1. The van der Waals surface area contributed by atoms with Crippen molar-refractivity contribution in [2.45, 2.75) is 251 Å². The molecule has 97 heavy (non-hydrogen) atoms. The van der Waals surface area contributed by atoms with Gasteiger partial charge >= 0.3 is 24.4 Å². The molecular formula is C64H108N14O19. The fourth-order valence-electron chi connectivity index (χ4n) is 9.08. The van der Waals surface area contributed by atoms with Crippen molar-refractivity contribution in [1.29, 1.82) is 0 Å². The summed E-state index contributed by atoms with van der Waals surface area (Å²) >= 11 is 0. The first-order chi connectivity index (χ1) is 44.9. The summed E-state index contributed by atoms with van der Waals surface area (Å²) in [5.41, 5.74) is 2.73. The molecule has 0 aliphatic carbocycles. The number of hydrogen-bond acceptors (Lipinski definition) is 20. The van der Waals surface area contributed by atoms with Gasteiger partial charge in [0.2, 0.25) is 53.2 Å². The van der Waals surface area contributed by atoms with Crippen LogP contribution in [0.5, 0.6) is 0 Å². The third-order valence-electron chi connectivity index (χ3n) is 13.8. The number of benzene rings is 1. The Balaban J connectivity index is 3.03. The van der Waals surface area contributed by atoms with E-state index in [0.29, 0.717) is 5.56 Å². The second-order valence-electron chi connectivity index (χ2n) is 27.9. The van der Waals surface area contributed by atoms with Gasteiger partial charge < -0.3 is 104 Å². The SMILES string of the molecule is CC[C@@H](O)[C@H](N)C(=O)N[C@@H](CCNC(=O)OC(C)(C)C)C(=O)N[C@H]1CCNC(=O)[C@H]([C@@H](C)O)NC(=O)[C@H](CCNC(=O)OC(C)(C)C)NC(=O)[C@H](CCNC(=O)OC(C)(C)C)NC(=O)[C@H](CC(C)C)NC(=O)[C@@H](Cc2ccccc2)NC(=O)[C@H](CCNC(=O)OC(C)(C)C)NC1=O. The van der Waals surface area contributed by atoms with E-state index in [0.717, 1.165) is 6.92 Å². The molecule has 1 aliphatic rings. The van der Waals surface area contributed by atoms with Crippen LogP contribution in [0.2, 0.25) is 0 Å². The smallest absolute Gasteiger partial charge is 0.407 e. The predicted molar refractivity (Wildman–Crippen MR) is 354 cm³/mol. The average molecular weight is 1380 g/mol. The number of aliphatic hydroxyl groups is 2. The molecule has 0 unspecified atom stereocenters. The van der Waals surface area contributed by atoms with E-state index >= 15 is 0 Å². The van der Waals surface area contributed by atoms with Crippen molar-refractivity contribution in [2.24, 2.45) is 11.7 Å². The third kappa shape index (κ3) is 34.8. The molecule has 33 nitrogen and oxygen atoms in total. The summed E-state index contributed by atoms with van der Waals surface area (Å²) in [6.07, 6.45) is -9.15. The molecule has 33 heteroatoms. The summed E-state index contributed by atoms with van der Waals surface area (Å²) in [7, 11) is 0. The molecule has 1 heterocycles. The van der Waals surface area contributed by atoms with E-state index in [1.165, 1.54) is 0 Å². The van der Waals surface area contributed by atoms with E-state index in [9.17, 15) is 72.5 Å². The van der Waals surface area contributed by atoms with Gasteiger partial charge in [0.15, 0.2) is 0 Å². The molecule has 1 aliphatic heterocycles. The van der Waals surface area contributed by atoms with Crippen LogP contribution in [0, 0.1) is 5.92 Å². The maximum atomic E-state index is 15.0. The zero-order valence-corrected chi connectivity index (χ0v) is 58.9. The Kier molecular flexibility index (Phi) is 34.5. The summed E-state index contributed by atoms with van der Waals surface area (Å²) < 4.78 is 21.4. The first kappa shape index (κ1) is 84.5. The maximum absolute atomic E-state index is 15.0. The zero-order chi connectivity index (χ0) is 73.8. The molecule has 1 aromatic carbocycles. The first-order valence-corrected chi connectivity index (χ1v) is 32.6. The number of amides is 13. The summed E-state index contributed by atoms with van der Waals surface area (Å²) in [5.74, 6) is -9.77. The molecule has 11 atom stereocenters. The van der Waals surface area contributed by atoms with E-state index in [1.54, 1.807) is 134 Å². The Hall–Kier alpha value is -8.59. The summed E-state index contributed by atoms with van der Waals surface area (Å²) in [6.45, 7) is 23.5. The molecule has 1 fully saturated rings. The molecule has 0 bridgehead atoms. The minimum absolute atomic E-state index is 0.0254. The number of carbonyl (C=O) groups excluding carboxylic acids is 13. The lowest BCUT2D eigenvalue weighted by Crippen LogP contribution is -2.61. The highest BCUT2D eigenvalue weighted by Gasteiger charge is 2.38. The van der Waals surface area contributed by atoms with E-state index in [-0.39, 0.29) is 64.2 Å². The number of aliphatic hydroxyl groups excluding tert-OH is 2. The fourth-order valence-corrected chi connectivity index (χ4v) is 9.08. The van der Waals surface area contributed by atoms with Gasteiger partial charge in [-0.3, -0.25) is 43.2 Å². The highest BCUT2D eigenvalue weighted by molar-refractivity contribution is 5.99. The van der Waals surface area contributed by atoms with Crippen LogP contribution in [0.25, 0.3) is 0 Å². The van der Waals surface area contributed by atoms with Gasteiger partial charge in [-0.05, 0) is 146 Å². The van der Waals surface area contributed by atoms with Crippen LogP contribution < -0.4 is 74.9 Å². The number of carbonyl (C=O) groups is 13. The molecule has 13 amide bonds. The lowest BCUT2D eigenvalue weighted by atomic mass is 10.00. The summed E-state index contributed by atoms with van der Waals surface area (Å²) in [5, 5.41) is 54.6. The Morgan fingerprint density at radius 1 is 0.526 bits per heavy atom. The van der Waals surface area contributed by atoms with Gasteiger partial charge in [0.05, 0.1) is 12.2 Å². The predicted octanol–water partition coefficient (Wildman–Crippen LogP) is -0.188. The van der Waals surface area contributed by atoms with Gasteiger partial charge in [0.25, 0.3) is 0 Å². The maximum Gasteiger partial charge on any atom is 0.407 e. The topological polar surface area (TPSA) is 482 Å². The third-order valence-corrected chi connectivity index (χ3v) is 13.8. The Morgan fingerprint density at radius 3 is 1.32 bits per heavy atom. The number of ether oxygens (including phenoxy) is 4. The largest absolute Gasteiger partial charge is 0.444 e. The minimum atomic E-state index is -1.85. The van der Waals surface area contributed by atoms with Gasteiger partial charge in [0, 0.05) is 39.1 Å². The van der Waals surface area contributed by atoms with E-state index in [4.69, 9.17) is 24.7 Å². The van der Waals surface area contributed by atoms with E-state index in [2.05, 4.69) is 69.1 Å². The molecule has 0 saturated carbocycles. The van der Waals surface area contributed by atoms with Gasteiger partial charge in [-0.15, -0.1) is 0 Å². The van der Waals surface area contributed by atoms with Crippen molar-refractivity contribution >= 4 is 77.5 Å². The molecule has 2 rings (SSSR count). The van der Waals surface area contributed by atoms with Crippen LogP contribution in [-0.4, -0.2) is 209 Å². The van der Waals surface area contributed by atoms with Crippen LogP contribution >= 0.6 is 0 Å². The Labute approximate surface area is 567 Å². The van der Waals surface area contributed by atoms with Crippen LogP contribution in [0.3, 0.4) is 0 Å². The van der Waals surface area contributed by atoms with E-state index in [1.807, 2.05) is 0 Å². The lowest BCUT2D eigenvalue weighted by molar-refractivity contribution is -0.136. The first-order valence-electron chi connectivity index (χ1n) is 32.6. The highest BCUT2D eigenvalue weighted by Crippen LogP contribution is 2.14. The average Bonchev–Trinajstić information content (AvgIpc) is 1.06. The quantitative estimate of drug-likeness (QED) is 0.0632. The minimum Gasteiger partial charge on any atom is -0.444 e. The molecule has 1 saturated heterocycles. The number of rotatable bonds is 23. The van der Waals surface area contributed by atoms with Crippen molar-refractivity contribution in [2.75, 3.05) is 32.7 Å².